The normalized spacial score (nSPS) is 11.5. The zero-order valence-corrected chi connectivity index (χ0v) is 20.0. The van der Waals surface area contributed by atoms with Gasteiger partial charge in [-0.15, -0.1) is 0 Å². The Balaban J connectivity index is 1.70. The van der Waals surface area contributed by atoms with E-state index in [0.29, 0.717) is 18.0 Å². The van der Waals surface area contributed by atoms with Crippen molar-refractivity contribution in [1.29, 1.82) is 0 Å². The molecule has 1 N–H and O–H groups in total. The van der Waals surface area contributed by atoms with Gasteiger partial charge >= 0.3 is 0 Å². The molecule has 0 aliphatic rings. The van der Waals surface area contributed by atoms with Crippen molar-refractivity contribution in [2.75, 3.05) is 20.3 Å². The van der Waals surface area contributed by atoms with Crippen molar-refractivity contribution in [2.45, 2.75) is 13.3 Å². The molecule has 5 rings (SSSR count). The molecule has 2 aromatic carbocycles. The molecular formula is C24H22BrN5O4. The minimum absolute atomic E-state index is 0.0891. The zero-order valence-electron chi connectivity index (χ0n) is 18.4. The van der Waals surface area contributed by atoms with Crippen molar-refractivity contribution in [1.82, 2.24) is 23.5 Å². The molecule has 3 aromatic heterocycles. The fraction of sp³-hybridized carbons (Fsp3) is 0.208. The van der Waals surface area contributed by atoms with E-state index in [4.69, 9.17) is 19.6 Å². The highest BCUT2D eigenvalue weighted by atomic mass is 79.9. The van der Waals surface area contributed by atoms with E-state index < -0.39 is 0 Å². The topological polar surface area (TPSA) is 95.8 Å². The van der Waals surface area contributed by atoms with Crippen molar-refractivity contribution >= 4 is 32.9 Å². The number of ether oxygens (including phenoxy) is 2. The van der Waals surface area contributed by atoms with E-state index in [0.717, 1.165) is 27.0 Å². The quantitative estimate of drug-likeness (QED) is 0.313. The first kappa shape index (κ1) is 22.3. The molecule has 0 spiro atoms. The van der Waals surface area contributed by atoms with Crippen LogP contribution in [0.3, 0.4) is 0 Å². The van der Waals surface area contributed by atoms with Gasteiger partial charge in [0, 0.05) is 10.7 Å². The highest BCUT2D eigenvalue weighted by Gasteiger charge is 2.19. The smallest absolute Gasteiger partial charge is 0.287 e. The predicted molar refractivity (Wildman–Crippen MR) is 131 cm³/mol. The van der Waals surface area contributed by atoms with E-state index in [1.54, 1.807) is 17.9 Å². The van der Waals surface area contributed by atoms with E-state index in [9.17, 15) is 4.79 Å². The second-order valence-corrected chi connectivity index (χ2v) is 8.61. The third-order valence-electron chi connectivity index (χ3n) is 5.54. The maximum Gasteiger partial charge on any atom is 0.287 e. The van der Waals surface area contributed by atoms with Crippen LogP contribution in [0.1, 0.15) is 5.56 Å². The SMILES string of the molecule is COc1ccc(Cn2c(-c3ccc(Br)cc3)cn3c(=O)c4ncn(COCCO)c4nc23)cc1. The third-order valence-corrected chi connectivity index (χ3v) is 6.07. The average molecular weight is 524 g/mol. The summed E-state index contributed by atoms with van der Waals surface area (Å²) >= 11 is 3.48. The number of methoxy groups -OCH3 is 1. The van der Waals surface area contributed by atoms with E-state index in [2.05, 4.69) is 20.9 Å². The van der Waals surface area contributed by atoms with Gasteiger partial charge in [0.25, 0.3) is 5.56 Å². The summed E-state index contributed by atoms with van der Waals surface area (Å²) in [4.78, 5) is 22.4. The monoisotopic (exact) mass is 523 g/mol. The lowest BCUT2D eigenvalue weighted by atomic mass is 10.1. The second kappa shape index (κ2) is 9.41. The Hall–Kier alpha value is -3.47. The molecule has 5 aromatic rings. The van der Waals surface area contributed by atoms with Crippen LogP contribution in [-0.2, 0) is 18.0 Å². The summed E-state index contributed by atoms with van der Waals surface area (Å²) in [5, 5.41) is 9.00. The summed E-state index contributed by atoms with van der Waals surface area (Å²) in [6.07, 6.45) is 3.33. The summed E-state index contributed by atoms with van der Waals surface area (Å²) in [5.41, 5.74) is 3.27. The molecule has 0 aliphatic carbocycles. The molecule has 10 heteroatoms. The van der Waals surface area contributed by atoms with Crippen LogP contribution < -0.4 is 10.3 Å². The van der Waals surface area contributed by atoms with Gasteiger partial charge in [-0.2, -0.15) is 4.98 Å². The first-order valence-electron chi connectivity index (χ1n) is 10.6. The fourth-order valence-corrected chi connectivity index (χ4v) is 4.11. The lowest BCUT2D eigenvalue weighted by Gasteiger charge is -2.11. The summed E-state index contributed by atoms with van der Waals surface area (Å²) < 4.78 is 16.9. The molecule has 0 amide bonds. The number of benzene rings is 2. The van der Waals surface area contributed by atoms with Crippen LogP contribution in [0, 0.1) is 0 Å². The van der Waals surface area contributed by atoms with Crippen molar-refractivity contribution in [3.63, 3.8) is 0 Å². The van der Waals surface area contributed by atoms with Gasteiger partial charge in [0.15, 0.2) is 11.2 Å². The van der Waals surface area contributed by atoms with Crippen LogP contribution in [0.2, 0.25) is 0 Å². The van der Waals surface area contributed by atoms with Gasteiger partial charge < -0.3 is 19.1 Å². The lowest BCUT2D eigenvalue weighted by Crippen LogP contribution is -2.16. The van der Waals surface area contributed by atoms with Crippen LogP contribution in [0.25, 0.3) is 28.2 Å². The molecule has 0 fully saturated rings. The van der Waals surface area contributed by atoms with Crippen LogP contribution >= 0.6 is 15.9 Å². The van der Waals surface area contributed by atoms with E-state index >= 15 is 0 Å². The number of hydrogen-bond donors (Lipinski definition) is 1. The Bertz CT molecular complexity index is 1500. The number of nitrogens with zero attached hydrogens (tertiary/aromatic N) is 5. The number of rotatable bonds is 8. The van der Waals surface area contributed by atoms with Crippen molar-refractivity contribution in [2.24, 2.45) is 0 Å². The molecular weight excluding hydrogens is 502 g/mol. The molecule has 0 unspecified atom stereocenters. The number of fused-ring (bicyclic) bond motifs is 2. The van der Waals surface area contributed by atoms with Gasteiger partial charge in [-0.1, -0.05) is 40.2 Å². The Labute approximate surface area is 203 Å². The van der Waals surface area contributed by atoms with Gasteiger partial charge in [0.05, 0.1) is 38.9 Å². The number of imidazole rings is 2. The Morgan fingerprint density at radius 2 is 1.85 bits per heavy atom. The van der Waals surface area contributed by atoms with Gasteiger partial charge in [-0.05, 0) is 35.4 Å². The minimum Gasteiger partial charge on any atom is -0.497 e. The van der Waals surface area contributed by atoms with Crippen LogP contribution in [-0.4, -0.2) is 48.9 Å². The molecule has 9 nitrogen and oxygen atoms in total. The predicted octanol–water partition coefficient (Wildman–Crippen LogP) is 3.30. The number of aromatic nitrogens is 5. The maximum absolute atomic E-state index is 13.3. The number of aliphatic hydroxyl groups is 1. The molecule has 174 valence electrons. The van der Waals surface area contributed by atoms with Crippen LogP contribution in [0.4, 0.5) is 0 Å². The maximum atomic E-state index is 13.3. The van der Waals surface area contributed by atoms with Crippen LogP contribution in [0.5, 0.6) is 5.75 Å². The highest BCUT2D eigenvalue weighted by molar-refractivity contribution is 9.10. The molecule has 0 bridgehead atoms. The average Bonchev–Trinajstić information content (AvgIpc) is 3.43. The molecule has 0 aliphatic heterocycles. The third kappa shape index (κ3) is 4.11. The second-order valence-electron chi connectivity index (χ2n) is 7.69. The molecule has 0 saturated carbocycles. The first-order valence-corrected chi connectivity index (χ1v) is 11.4. The number of hydrogen-bond acceptors (Lipinski definition) is 6. The Kier molecular flexibility index (Phi) is 6.18. The summed E-state index contributed by atoms with van der Waals surface area (Å²) in [6, 6.07) is 15.7. The van der Waals surface area contributed by atoms with Crippen molar-refractivity contribution in [3.8, 4) is 17.0 Å². The lowest BCUT2D eigenvalue weighted by molar-refractivity contribution is 0.0499. The van der Waals surface area contributed by atoms with Gasteiger partial charge in [-0.25, -0.2) is 9.38 Å². The summed E-state index contributed by atoms with van der Waals surface area (Å²) in [5.74, 6) is 1.27. The molecule has 0 radical (unpaired) electrons. The molecule has 34 heavy (non-hydrogen) atoms. The molecule has 0 atom stereocenters. The Morgan fingerprint density at radius 3 is 2.56 bits per heavy atom. The van der Waals surface area contributed by atoms with Gasteiger partial charge in [0.2, 0.25) is 5.78 Å². The Morgan fingerprint density at radius 1 is 1.09 bits per heavy atom. The molecule has 0 saturated heterocycles. The molecule has 3 heterocycles. The van der Waals surface area contributed by atoms with Gasteiger partial charge in [0.1, 0.15) is 12.5 Å². The first-order chi connectivity index (χ1) is 16.6. The van der Waals surface area contributed by atoms with E-state index in [1.165, 1.54) is 10.7 Å². The number of aliphatic hydroxyl groups excluding tert-OH is 1. The van der Waals surface area contributed by atoms with Crippen molar-refractivity contribution < 1.29 is 14.6 Å². The van der Waals surface area contributed by atoms with Crippen LogP contribution in [0.15, 0.2) is 70.3 Å². The largest absolute Gasteiger partial charge is 0.497 e. The summed E-state index contributed by atoms with van der Waals surface area (Å²) in [7, 11) is 1.63. The zero-order chi connectivity index (χ0) is 23.7. The minimum atomic E-state index is -0.257. The van der Waals surface area contributed by atoms with Gasteiger partial charge in [-0.3, -0.25) is 9.36 Å². The van der Waals surface area contributed by atoms with Crippen molar-refractivity contribution in [3.05, 3.63) is 81.4 Å². The highest BCUT2D eigenvalue weighted by Crippen LogP contribution is 2.26. The van der Waals surface area contributed by atoms with E-state index in [1.807, 2.05) is 53.1 Å². The van der Waals surface area contributed by atoms with E-state index in [-0.39, 0.29) is 31.0 Å². The fourth-order valence-electron chi connectivity index (χ4n) is 3.85. The number of halogens is 1. The summed E-state index contributed by atoms with van der Waals surface area (Å²) in [6.45, 7) is 0.730. The standard InChI is InChI=1S/C24H22BrN5O4/c1-33-19-8-2-16(3-9-19)12-29-20(17-4-6-18(25)7-5-17)13-30-23(32)21-22(27-24(29)30)28(14-26-21)15-34-11-10-31/h2-9,13-14,31H,10-12,15H2,1H3.